The number of piperidine rings is 1. The first-order chi connectivity index (χ1) is 11.7. The number of hydrogen-bond acceptors (Lipinski definition) is 4. The van der Waals surface area contributed by atoms with Crippen LogP contribution in [0.5, 0.6) is 0 Å². The zero-order valence-corrected chi connectivity index (χ0v) is 15.7. The number of likely N-dealkylation sites (tertiary alicyclic amines) is 1. The molecule has 0 aromatic heterocycles. The monoisotopic (exact) mass is 346 g/mol. The summed E-state index contributed by atoms with van der Waals surface area (Å²) in [4.78, 5) is 25.8. The van der Waals surface area contributed by atoms with Gasteiger partial charge in [-0.2, -0.15) is 0 Å². The Hall–Kier alpha value is -2.08. The number of hydrogen-bond donors (Lipinski definition) is 3. The van der Waals surface area contributed by atoms with E-state index in [4.69, 9.17) is 0 Å². The molecule has 0 spiro atoms. The standard InChI is InChI=1S/C19H30N4O2/c1-14-7-5-6-8-16(14)20-15-9-11-23(12-10-15)13-17(24)21-18(25)22-19(2,3)4/h5-8,15,20H,9-13H2,1-4H3,(H2,21,22,24,25). The van der Waals surface area contributed by atoms with Gasteiger partial charge < -0.3 is 10.6 Å². The van der Waals surface area contributed by atoms with Crippen LogP contribution in [-0.2, 0) is 4.79 Å². The zero-order valence-electron chi connectivity index (χ0n) is 15.7. The topological polar surface area (TPSA) is 73.5 Å². The van der Waals surface area contributed by atoms with Crippen LogP contribution in [0.2, 0.25) is 0 Å². The second-order valence-corrected chi connectivity index (χ2v) is 7.76. The number of benzene rings is 1. The maximum atomic E-state index is 12.0. The van der Waals surface area contributed by atoms with Crippen LogP contribution < -0.4 is 16.0 Å². The Balaban J connectivity index is 1.72. The molecule has 1 fully saturated rings. The number of amides is 3. The summed E-state index contributed by atoms with van der Waals surface area (Å²) in [6, 6.07) is 8.26. The molecule has 0 radical (unpaired) electrons. The van der Waals surface area contributed by atoms with Gasteiger partial charge in [-0.05, 0) is 52.2 Å². The Morgan fingerprint density at radius 3 is 2.40 bits per heavy atom. The molecule has 0 atom stereocenters. The number of nitrogens with zero attached hydrogens (tertiary/aromatic N) is 1. The Morgan fingerprint density at radius 1 is 1.16 bits per heavy atom. The van der Waals surface area contributed by atoms with Crippen molar-refractivity contribution in [3.63, 3.8) is 0 Å². The van der Waals surface area contributed by atoms with Gasteiger partial charge in [0.25, 0.3) is 0 Å². The quantitative estimate of drug-likeness (QED) is 0.783. The van der Waals surface area contributed by atoms with Crippen molar-refractivity contribution in [2.24, 2.45) is 0 Å². The normalized spacial score (nSPS) is 16.3. The largest absolute Gasteiger partial charge is 0.382 e. The van der Waals surface area contributed by atoms with E-state index in [0.29, 0.717) is 6.04 Å². The van der Waals surface area contributed by atoms with Gasteiger partial charge in [0.2, 0.25) is 5.91 Å². The van der Waals surface area contributed by atoms with Gasteiger partial charge in [0.1, 0.15) is 0 Å². The molecule has 1 aromatic rings. The SMILES string of the molecule is Cc1ccccc1NC1CCN(CC(=O)NC(=O)NC(C)(C)C)CC1. The van der Waals surface area contributed by atoms with Gasteiger partial charge in [-0.1, -0.05) is 18.2 Å². The number of urea groups is 1. The highest BCUT2D eigenvalue weighted by molar-refractivity contribution is 5.95. The van der Waals surface area contributed by atoms with Gasteiger partial charge in [0.05, 0.1) is 6.54 Å². The number of anilines is 1. The van der Waals surface area contributed by atoms with Crippen molar-refractivity contribution in [3.05, 3.63) is 29.8 Å². The average Bonchev–Trinajstić information content (AvgIpc) is 2.49. The number of aryl methyl sites for hydroxylation is 1. The maximum Gasteiger partial charge on any atom is 0.321 e. The van der Waals surface area contributed by atoms with E-state index in [1.165, 1.54) is 11.3 Å². The van der Waals surface area contributed by atoms with Crippen molar-refractivity contribution in [3.8, 4) is 0 Å². The van der Waals surface area contributed by atoms with Gasteiger partial charge in [0, 0.05) is 30.4 Å². The highest BCUT2D eigenvalue weighted by Gasteiger charge is 2.22. The molecule has 2 rings (SSSR count). The van der Waals surface area contributed by atoms with E-state index in [2.05, 4.69) is 39.9 Å². The van der Waals surface area contributed by atoms with Crippen LogP contribution >= 0.6 is 0 Å². The van der Waals surface area contributed by atoms with Crippen molar-refractivity contribution >= 4 is 17.6 Å². The number of imide groups is 1. The Morgan fingerprint density at radius 2 is 1.80 bits per heavy atom. The molecule has 1 heterocycles. The summed E-state index contributed by atoms with van der Waals surface area (Å²) >= 11 is 0. The summed E-state index contributed by atoms with van der Waals surface area (Å²) in [6.07, 6.45) is 1.96. The lowest BCUT2D eigenvalue weighted by Crippen LogP contribution is -2.51. The first-order valence-electron chi connectivity index (χ1n) is 8.89. The molecule has 1 saturated heterocycles. The van der Waals surface area contributed by atoms with Crippen LogP contribution in [0.3, 0.4) is 0 Å². The first kappa shape index (κ1) is 19.2. The lowest BCUT2D eigenvalue weighted by atomic mass is 10.0. The van der Waals surface area contributed by atoms with Crippen molar-refractivity contribution < 1.29 is 9.59 Å². The molecule has 1 aromatic carbocycles. The number of carbonyl (C=O) groups excluding carboxylic acids is 2. The van der Waals surface area contributed by atoms with Crippen LogP contribution in [0.4, 0.5) is 10.5 Å². The molecule has 25 heavy (non-hydrogen) atoms. The van der Waals surface area contributed by atoms with Crippen molar-refractivity contribution in [2.45, 2.75) is 52.1 Å². The van der Waals surface area contributed by atoms with Crippen molar-refractivity contribution in [2.75, 3.05) is 25.0 Å². The summed E-state index contributed by atoms with van der Waals surface area (Å²) in [5.74, 6) is -0.257. The lowest BCUT2D eigenvalue weighted by molar-refractivity contribution is -0.121. The Kier molecular flexibility index (Phi) is 6.42. The molecule has 0 bridgehead atoms. The third-order valence-corrected chi connectivity index (χ3v) is 4.20. The summed E-state index contributed by atoms with van der Waals surface area (Å²) < 4.78 is 0. The van der Waals surface area contributed by atoms with Gasteiger partial charge in [-0.3, -0.25) is 15.0 Å². The minimum absolute atomic E-state index is 0.257. The van der Waals surface area contributed by atoms with E-state index < -0.39 is 6.03 Å². The first-order valence-corrected chi connectivity index (χ1v) is 8.89. The molecule has 138 valence electrons. The van der Waals surface area contributed by atoms with E-state index in [1.54, 1.807) is 0 Å². The smallest absolute Gasteiger partial charge is 0.321 e. The Bertz CT molecular complexity index is 602. The van der Waals surface area contributed by atoms with Crippen LogP contribution in [0.1, 0.15) is 39.2 Å². The fourth-order valence-electron chi connectivity index (χ4n) is 2.93. The third kappa shape index (κ3) is 6.74. The molecule has 6 heteroatoms. The molecule has 3 amide bonds. The second-order valence-electron chi connectivity index (χ2n) is 7.76. The fourth-order valence-corrected chi connectivity index (χ4v) is 2.93. The summed E-state index contributed by atoms with van der Waals surface area (Å²) in [7, 11) is 0. The minimum Gasteiger partial charge on any atom is -0.382 e. The highest BCUT2D eigenvalue weighted by atomic mass is 16.2. The third-order valence-electron chi connectivity index (χ3n) is 4.20. The van der Waals surface area contributed by atoms with Gasteiger partial charge in [-0.25, -0.2) is 4.79 Å². The van der Waals surface area contributed by atoms with Crippen molar-refractivity contribution in [1.29, 1.82) is 0 Å². The van der Waals surface area contributed by atoms with Gasteiger partial charge in [-0.15, -0.1) is 0 Å². The average molecular weight is 346 g/mol. The molecule has 0 unspecified atom stereocenters. The summed E-state index contributed by atoms with van der Waals surface area (Å²) in [5.41, 5.74) is 2.07. The van der Waals surface area contributed by atoms with Crippen LogP contribution in [0, 0.1) is 6.92 Å². The van der Waals surface area contributed by atoms with E-state index >= 15 is 0 Å². The molecule has 0 saturated carbocycles. The minimum atomic E-state index is -0.436. The maximum absolute atomic E-state index is 12.0. The summed E-state index contributed by atoms with van der Waals surface area (Å²) in [5, 5.41) is 8.71. The molecule has 3 N–H and O–H groups in total. The van der Waals surface area contributed by atoms with Crippen LogP contribution in [0.15, 0.2) is 24.3 Å². The second kappa shape index (κ2) is 8.34. The number of para-hydroxylation sites is 1. The van der Waals surface area contributed by atoms with E-state index in [9.17, 15) is 9.59 Å². The zero-order chi connectivity index (χ0) is 18.4. The number of carbonyl (C=O) groups is 2. The Labute approximate surface area is 150 Å². The fraction of sp³-hybridized carbons (Fsp3) is 0.579. The predicted molar refractivity (Wildman–Crippen MR) is 101 cm³/mol. The molecule has 1 aliphatic rings. The summed E-state index contributed by atoms with van der Waals surface area (Å²) in [6.45, 7) is 9.69. The van der Waals surface area contributed by atoms with E-state index in [-0.39, 0.29) is 18.0 Å². The molecule has 6 nitrogen and oxygen atoms in total. The van der Waals surface area contributed by atoms with Gasteiger partial charge >= 0.3 is 6.03 Å². The molecular weight excluding hydrogens is 316 g/mol. The van der Waals surface area contributed by atoms with E-state index in [0.717, 1.165) is 25.9 Å². The van der Waals surface area contributed by atoms with Gasteiger partial charge in [0.15, 0.2) is 0 Å². The highest BCUT2D eigenvalue weighted by Crippen LogP contribution is 2.19. The lowest BCUT2D eigenvalue weighted by Gasteiger charge is -2.32. The predicted octanol–water partition coefficient (Wildman–Crippen LogP) is 2.50. The van der Waals surface area contributed by atoms with Crippen molar-refractivity contribution in [1.82, 2.24) is 15.5 Å². The van der Waals surface area contributed by atoms with E-state index in [1.807, 2.05) is 32.9 Å². The molecule has 1 aliphatic heterocycles. The number of rotatable bonds is 4. The molecule has 0 aliphatic carbocycles. The van der Waals surface area contributed by atoms with Crippen LogP contribution in [0.25, 0.3) is 0 Å². The van der Waals surface area contributed by atoms with Crippen LogP contribution in [-0.4, -0.2) is 48.1 Å². The number of nitrogens with one attached hydrogen (secondary N) is 3. The molecular formula is C19H30N4O2.